The molecule has 0 bridgehead atoms. The van der Waals surface area contributed by atoms with Crippen molar-refractivity contribution >= 4 is 27.1 Å². The standard InChI is InChI=1S/C24H45N2O7Si/c1-21(2,3)16-14-24(33-34(11)12,26(15-16)20(30)32-23(7,8)9)17(27)13-18(28)25(10)19(29)31-22(4,5)6/h16-17,27H,13-15H2,1-12H3/t16-,17?,24-/m0/s1. The van der Waals surface area contributed by atoms with Gasteiger partial charge in [-0.1, -0.05) is 20.8 Å². The molecular formula is C24H45N2O7Si. The Hall–Kier alpha value is -1.65. The lowest BCUT2D eigenvalue weighted by atomic mass is 9.78. The summed E-state index contributed by atoms with van der Waals surface area (Å²) < 4.78 is 17.3. The van der Waals surface area contributed by atoms with Crippen molar-refractivity contribution in [3.8, 4) is 0 Å². The number of hydrogen-bond donors (Lipinski definition) is 1. The van der Waals surface area contributed by atoms with Gasteiger partial charge in [-0.3, -0.25) is 14.6 Å². The van der Waals surface area contributed by atoms with Crippen LogP contribution in [0.5, 0.6) is 0 Å². The van der Waals surface area contributed by atoms with E-state index >= 15 is 0 Å². The predicted molar refractivity (Wildman–Crippen MR) is 131 cm³/mol. The second kappa shape index (κ2) is 10.5. The third-order valence-electron chi connectivity index (χ3n) is 5.55. The number of hydrogen-bond acceptors (Lipinski definition) is 7. The van der Waals surface area contributed by atoms with Crippen LogP contribution in [-0.2, 0) is 18.7 Å². The summed E-state index contributed by atoms with van der Waals surface area (Å²) in [6.45, 7) is 20.8. The van der Waals surface area contributed by atoms with Gasteiger partial charge in [0.05, 0.1) is 6.42 Å². The van der Waals surface area contributed by atoms with Gasteiger partial charge in [0.15, 0.2) is 5.72 Å². The molecule has 1 rings (SSSR count). The quantitative estimate of drug-likeness (QED) is 0.557. The Morgan fingerprint density at radius 3 is 1.94 bits per heavy atom. The number of amides is 3. The van der Waals surface area contributed by atoms with Crippen LogP contribution in [0.3, 0.4) is 0 Å². The molecule has 1 radical (unpaired) electrons. The van der Waals surface area contributed by atoms with Gasteiger partial charge in [-0.25, -0.2) is 9.59 Å². The molecule has 1 N–H and O–H groups in total. The third-order valence-corrected chi connectivity index (χ3v) is 6.31. The van der Waals surface area contributed by atoms with E-state index in [1.54, 1.807) is 41.5 Å². The number of ether oxygens (including phenoxy) is 2. The van der Waals surface area contributed by atoms with Crippen LogP contribution in [0.1, 0.15) is 75.2 Å². The normalized spacial score (nSPS) is 22.5. The van der Waals surface area contributed by atoms with Crippen molar-refractivity contribution in [2.24, 2.45) is 11.3 Å². The summed E-state index contributed by atoms with van der Waals surface area (Å²) in [5.74, 6) is -0.635. The van der Waals surface area contributed by atoms with Gasteiger partial charge in [-0.05, 0) is 66.0 Å². The minimum absolute atomic E-state index is 0.00490. The summed E-state index contributed by atoms with van der Waals surface area (Å²) in [6.07, 6.45) is -2.85. The lowest BCUT2D eigenvalue weighted by Gasteiger charge is -2.43. The van der Waals surface area contributed by atoms with E-state index in [4.69, 9.17) is 13.9 Å². The fraction of sp³-hybridized carbons (Fsp3) is 0.875. The second-order valence-electron chi connectivity index (χ2n) is 12.4. The van der Waals surface area contributed by atoms with Gasteiger partial charge in [0, 0.05) is 20.0 Å². The Morgan fingerprint density at radius 2 is 1.53 bits per heavy atom. The summed E-state index contributed by atoms with van der Waals surface area (Å²) in [4.78, 5) is 40.9. The Balaban J connectivity index is 3.33. The Labute approximate surface area is 206 Å². The van der Waals surface area contributed by atoms with Gasteiger partial charge in [0.2, 0.25) is 14.9 Å². The van der Waals surface area contributed by atoms with Crippen LogP contribution in [-0.4, -0.2) is 78.7 Å². The minimum atomic E-state index is -1.44. The molecule has 3 atom stereocenters. The van der Waals surface area contributed by atoms with Crippen LogP contribution < -0.4 is 0 Å². The molecule has 10 heteroatoms. The van der Waals surface area contributed by atoms with Crippen LogP contribution in [0.4, 0.5) is 9.59 Å². The number of aliphatic hydroxyl groups excluding tert-OH is 1. The Bertz CT molecular complexity index is 752. The van der Waals surface area contributed by atoms with Gasteiger partial charge in [0.1, 0.15) is 17.3 Å². The van der Waals surface area contributed by atoms with Crippen LogP contribution in [0, 0.1) is 11.3 Å². The molecular weight excluding hydrogens is 456 g/mol. The molecule has 0 aromatic heterocycles. The van der Waals surface area contributed by atoms with E-state index in [0.717, 1.165) is 4.90 Å². The van der Waals surface area contributed by atoms with E-state index in [0.29, 0.717) is 13.0 Å². The topological polar surface area (TPSA) is 106 Å². The predicted octanol–water partition coefficient (Wildman–Crippen LogP) is 4.40. The average Bonchev–Trinajstić information content (AvgIpc) is 2.98. The van der Waals surface area contributed by atoms with Gasteiger partial charge in [0.25, 0.3) is 0 Å². The molecule has 3 amide bonds. The molecule has 0 aromatic rings. The van der Waals surface area contributed by atoms with Crippen molar-refractivity contribution in [2.75, 3.05) is 13.6 Å². The van der Waals surface area contributed by atoms with E-state index in [2.05, 4.69) is 20.8 Å². The van der Waals surface area contributed by atoms with E-state index in [1.807, 2.05) is 13.1 Å². The summed E-state index contributed by atoms with van der Waals surface area (Å²) in [5.41, 5.74) is -3.14. The van der Waals surface area contributed by atoms with Gasteiger partial charge in [-0.2, -0.15) is 0 Å². The molecule has 1 heterocycles. The number of nitrogens with zero attached hydrogens (tertiary/aromatic N) is 2. The molecule has 0 spiro atoms. The lowest BCUT2D eigenvalue weighted by Crippen LogP contribution is -2.60. The average molecular weight is 502 g/mol. The first-order valence-electron chi connectivity index (χ1n) is 11.8. The fourth-order valence-electron chi connectivity index (χ4n) is 3.76. The molecule has 0 aliphatic carbocycles. The van der Waals surface area contributed by atoms with Gasteiger partial charge in [-0.15, -0.1) is 0 Å². The highest BCUT2D eigenvalue weighted by molar-refractivity contribution is 6.48. The molecule has 9 nitrogen and oxygen atoms in total. The number of likely N-dealkylation sites (tertiary alicyclic amines) is 1. The molecule has 0 aromatic carbocycles. The molecule has 1 fully saturated rings. The van der Waals surface area contributed by atoms with E-state index in [1.165, 1.54) is 11.9 Å². The summed E-state index contributed by atoms with van der Waals surface area (Å²) in [5, 5.41) is 11.4. The minimum Gasteiger partial charge on any atom is -0.444 e. The highest BCUT2D eigenvalue weighted by Crippen LogP contribution is 2.46. The summed E-state index contributed by atoms with van der Waals surface area (Å²) in [6, 6.07) is 0. The Kier molecular flexibility index (Phi) is 9.41. The fourth-order valence-corrected chi connectivity index (χ4v) is 4.79. The van der Waals surface area contributed by atoms with E-state index in [-0.39, 0.29) is 11.3 Å². The van der Waals surface area contributed by atoms with Crippen LogP contribution in [0.2, 0.25) is 13.1 Å². The second-order valence-corrected chi connectivity index (χ2v) is 14.4. The van der Waals surface area contributed by atoms with Crippen molar-refractivity contribution in [2.45, 2.75) is 111 Å². The summed E-state index contributed by atoms with van der Waals surface area (Å²) >= 11 is 0. The van der Waals surface area contributed by atoms with Crippen molar-refractivity contribution in [3.63, 3.8) is 0 Å². The maximum atomic E-state index is 13.3. The molecule has 1 aliphatic rings. The zero-order valence-corrected chi connectivity index (χ0v) is 24.1. The molecule has 1 unspecified atom stereocenters. The molecule has 1 aliphatic heterocycles. The Morgan fingerprint density at radius 1 is 1.03 bits per heavy atom. The van der Waals surface area contributed by atoms with Gasteiger partial charge < -0.3 is 19.0 Å². The SMILES string of the molecule is CN(C(=O)CC(O)[C@@]1(O[Si](C)C)C[C@H](C(C)(C)C)CN1C(=O)OC(C)(C)C)C(=O)OC(C)(C)C. The number of aliphatic hydroxyl groups is 1. The first kappa shape index (κ1) is 30.4. The van der Waals surface area contributed by atoms with Crippen molar-refractivity contribution < 1.29 is 33.4 Å². The largest absolute Gasteiger partial charge is 0.444 e. The monoisotopic (exact) mass is 501 g/mol. The maximum Gasteiger partial charge on any atom is 0.416 e. The third kappa shape index (κ3) is 8.23. The summed E-state index contributed by atoms with van der Waals surface area (Å²) in [7, 11) is -0.108. The molecule has 1 saturated heterocycles. The van der Waals surface area contributed by atoms with E-state index in [9.17, 15) is 19.5 Å². The van der Waals surface area contributed by atoms with Crippen LogP contribution in [0.25, 0.3) is 0 Å². The zero-order valence-electron chi connectivity index (χ0n) is 23.1. The first-order chi connectivity index (χ1) is 15.1. The number of imide groups is 1. The molecule has 34 heavy (non-hydrogen) atoms. The van der Waals surface area contributed by atoms with Crippen LogP contribution in [0.15, 0.2) is 0 Å². The number of carbonyl (C=O) groups is 3. The highest BCUT2D eigenvalue weighted by Gasteiger charge is 2.57. The van der Waals surface area contributed by atoms with Crippen molar-refractivity contribution in [1.29, 1.82) is 0 Å². The first-order valence-corrected chi connectivity index (χ1v) is 14.2. The number of rotatable bonds is 5. The molecule has 0 saturated carbocycles. The maximum absolute atomic E-state index is 13.3. The lowest BCUT2D eigenvalue weighted by molar-refractivity contribution is -0.154. The smallest absolute Gasteiger partial charge is 0.416 e. The van der Waals surface area contributed by atoms with Crippen molar-refractivity contribution in [3.05, 3.63) is 0 Å². The van der Waals surface area contributed by atoms with Crippen LogP contribution >= 0.6 is 0 Å². The highest BCUT2D eigenvalue weighted by atomic mass is 28.3. The molecule has 197 valence electrons. The van der Waals surface area contributed by atoms with Crippen molar-refractivity contribution in [1.82, 2.24) is 9.80 Å². The van der Waals surface area contributed by atoms with E-state index < -0.39 is 56.6 Å². The number of carbonyl (C=O) groups excluding carboxylic acids is 3. The zero-order chi connectivity index (χ0) is 26.9. The van der Waals surface area contributed by atoms with Gasteiger partial charge >= 0.3 is 12.2 Å².